The summed E-state index contributed by atoms with van der Waals surface area (Å²) in [4.78, 5) is 27.2. The van der Waals surface area contributed by atoms with Crippen LogP contribution in [0, 0.1) is 11.2 Å². The number of carbonyl (C=O) groups excluding carboxylic acids is 1. The first-order chi connectivity index (χ1) is 15.5. The third-order valence-electron chi connectivity index (χ3n) is 5.67. The van der Waals surface area contributed by atoms with Gasteiger partial charge >= 0.3 is 0 Å². The number of pyridine rings is 3. The maximum atomic E-state index is 14.2. The Labute approximate surface area is 183 Å². The van der Waals surface area contributed by atoms with E-state index in [-0.39, 0.29) is 35.7 Å². The molecule has 9 nitrogen and oxygen atoms in total. The second-order valence-electron chi connectivity index (χ2n) is 7.66. The Morgan fingerprint density at radius 1 is 1.25 bits per heavy atom. The number of nitrogens with one attached hydrogen (secondary N) is 2. The normalized spacial score (nSPS) is 18.0. The van der Waals surface area contributed by atoms with Gasteiger partial charge in [0, 0.05) is 30.1 Å². The van der Waals surface area contributed by atoms with E-state index in [0.29, 0.717) is 35.5 Å². The Balaban J connectivity index is 1.67. The van der Waals surface area contributed by atoms with Gasteiger partial charge in [-0.2, -0.15) is 0 Å². The molecule has 0 radical (unpaired) electrons. The monoisotopic (exact) mass is 433 g/mol. The van der Waals surface area contributed by atoms with Crippen LogP contribution in [0.15, 0.2) is 42.9 Å². The van der Waals surface area contributed by atoms with Crippen molar-refractivity contribution in [2.75, 3.05) is 17.6 Å². The minimum atomic E-state index is -0.482. The van der Waals surface area contributed by atoms with Crippen LogP contribution in [-0.2, 0) is 6.61 Å². The number of ether oxygens (including phenoxy) is 1. The maximum Gasteiger partial charge on any atom is 0.258 e. The molecule has 2 aliphatic rings. The van der Waals surface area contributed by atoms with E-state index in [1.54, 1.807) is 24.4 Å². The Kier molecular flexibility index (Phi) is 4.89. The minimum absolute atomic E-state index is 0.0739. The number of halogens is 1. The van der Waals surface area contributed by atoms with Gasteiger partial charge in [-0.25, -0.2) is 19.3 Å². The predicted octanol–water partition coefficient (Wildman–Crippen LogP) is 2.90. The number of rotatable bonds is 0. The van der Waals surface area contributed by atoms with Crippen molar-refractivity contribution in [3.8, 4) is 5.88 Å². The zero-order chi connectivity index (χ0) is 22.2. The summed E-state index contributed by atoms with van der Waals surface area (Å²) < 4.78 is 20.1. The number of anilines is 2. The van der Waals surface area contributed by atoms with E-state index in [0.717, 1.165) is 12.6 Å². The SMILES string of the molecule is N=C1c2cc(cnc2N)C(=O)Nc2ncccc2COc2ncc(F)cc2[C@H]2CCCN12. The lowest BCUT2D eigenvalue weighted by Crippen LogP contribution is -2.32. The molecule has 10 heteroatoms. The molecule has 0 spiro atoms. The lowest BCUT2D eigenvalue weighted by atomic mass is 10.0. The molecule has 4 N–H and O–H groups in total. The summed E-state index contributed by atoms with van der Waals surface area (Å²) in [5.74, 6) is -0.0654. The van der Waals surface area contributed by atoms with Crippen molar-refractivity contribution in [2.24, 2.45) is 0 Å². The number of hydrogen-bond donors (Lipinski definition) is 3. The van der Waals surface area contributed by atoms with E-state index >= 15 is 0 Å². The molecular formula is C22H20FN7O2. The van der Waals surface area contributed by atoms with E-state index in [4.69, 9.17) is 15.9 Å². The van der Waals surface area contributed by atoms with E-state index in [2.05, 4.69) is 20.3 Å². The minimum Gasteiger partial charge on any atom is -0.472 e. The molecular weight excluding hydrogens is 413 g/mol. The van der Waals surface area contributed by atoms with Crippen LogP contribution in [-0.4, -0.2) is 38.1 Å². The van der Waals surface area contributed by atoms with Crippen LogP contribution in [0.5, 0.6) is 5.88 Å². The summed E-state index contributed by atoms with van der Waals surface area (Å²) in [6, 6.07) is 6.13. The highest BCUT2D eigenvalue weighted by Crippen LogP contribution is 2.38. The molecule has 2 aliphatic heterocycles. The molecule has 3 aromatic rings. The van der Waals surface area contributed by atoms with Gasteiger partial charge in [-0.05, 0) is 31.0 Å². The number of carbonyl (C=O) groups is 1. The van der Waals surface area contributed by atoms with Crippen LogP contribution in [0.4, 0.5) is 16.0 Å². The molecule has 32 heavy (non-hydrogen) atoms. The number of nitrogens with two attached hydrogens (primary N) is 1. The largest absolute Gasteiger partial charge is 0.472 e. The molecule has 1 amide bonds. The van der Waals surface area contributed by atoms with Crippen LogP contribution in [0.25, 0.3) is 0 Å². The first-order valence-corrected chi connectivity index (χ1v) is 10.2. The van der Waals surface area contributed by atoms with Crippen molar-refractivity contribution in [1.29, 1.82) is 5.41 Å². The Hall–Kier alpha value is -4.08. The fourth-order valence-corrected chi connectivity index (χ4v) is 4.10. The van der Waals surface area contributed by atoms with Crippen LogP contribution >= 0.6 is 0 Å². The molecule has 0 aliphatic carbocycles. The highest BCUT2D eigenvalue weighted by molar-refractivity contribution is 6.07. The van der Waals surface area contributed by atoms with Crippen molar-refractivity contribution in [2.45, 2.75) is 25.5 Å². The lowest BCUT2D eigenvalue weighted by Gasteiger charge is -2.29. The van der Waals surface area contributed by atoms with Crippen LogP contribution in [0.2, 0.25) is 0 Å². The van der Waals surface area contributed by atoms with Crippen molar-refractivity contribution in [3.05, 3.63) is 70.9 Å². The highest BCUT2D eigenvalue weighted by Gasteiger charge is 2.33. The Morgan fingerprint density at radius 2 is 2.12 bits per heavy atom. The molecule has 5 rings (SSSR count). The summed E-state index contributed by atoms with van der Waals surface area (Å²) in [5, 5.41) is 11.6. The van der Waals surface area contributed by atoms with E-state index in [1.807, 2.05) is 4.90 Å². The van der Waals surface area contributed by atoms with Gasteiger partial charge in [0.15, 0.2) is 0 Å². The third kappa shape index (κ3) is 3.49. The molecule has 1 fully saturated rings. The van der Waals surface area contributed by atoms with Gasteiger partial charge < -0.3 is 20.7 Å². The number of hydrogen-bond acceptors (Lipinski definition) is 7. The molecule has 5 heterocycles. The average molecular weight is 433 g/mol. The average Bonchev–Trinajstić information content (AvgIpc) is 3.28. The number of fused-ring (bicyclic) bond motifs is 6. The van der Waals surface area contributed by atoms with Crippen LogP contribution < -0.4 is 15.8 Å². The number of aromatic nitrogens is 3. The zero-order valence-corrected chi connectivity index (χ0v) is 17.0. The molecule has 3 aromatic heterocycles. The Morgan fingerprint density at radius 3 is 3.00 bits per heavy atom. The fraction of sp³-hybridized carbons (Fsp3) is 0.227. The second kappa shape index (κ2) is 7.88. The van der Waals surface area contributed by atoms with Crippen molar-refractivity contribution in [1.82, 2.24) is 19.9 Å². The van der Waals surface area contributed by atoms with Gasteiger partial charge in [0.2, 0.25) is 5.88 Å². The second-order valence-corrected chi connectivity index (χ2v) is 7.66. The number of amidine groups is 1. The topological polar surface area (TPSA) is 130 Å². The molecule has 0 unspecified atom stereocenters. The van der Waals surface area contributed by atoms with Gasteiger partial charge in [0.1, 0.15) is 29.9 Å². The van der Waals surface area contributed by atoms with Crippen molar-refractivity contribution >= 4 is 23.4 Å². The lowest BCUT2D eigenvalue weighted by molar-refractivity contribution is 0.102. The van der Waals surface area contributed by atoms with Gasteiger partial charge in [-0.3, -0.25) is 10.2 Å². The summed E-state index contributed by atoms with van der Waals surface area (Å²) in [7, 11) is 0. The molecule has 2 bridgehead atoms. The molecule has 0 aromatic carbocycles. The molecule has 0 saturated carbocycles. The van der Waals surface area contributed by atoms with E-state index in [9.17, 15) is 9.18 Å². The van der Waals surface area contributed by atoms with Crippen molar-refractivity contribution in [3.63, 3.8) is 0 Å². The quantitative estimate of drug-likeness (QED) is 0.497. The molecule has 1 saturated heterocycles. The van der Waals surface area contributed by atoms with Gasteiger partial charge in [-0.15, -0.1) is 0 Å². The molecule has 162 valence electrons. The third-order valence-corrected chi connectivity index (χ3v) is 5.67. The number of nitrogen functional groups attached to an aromatic ring is 1. The standard InChI is InChI=1S/C22H20FN7O2/c23-14-8-15-17-4-2-6-30(17)19(25)16-7-13(9-27-18(16)24)21(31)29-20-12(3-1-5-26-20)11-32-22(15)28-10-14/h1,3,5,7-10,17,25H,2,4,6,11H2,(H2,24,27)(H,26,29,31)/t17-/m1/s1. The molecule has 1 atom stereocenters. The summed E-state index contributed by atoms with van der Waals surface area (Å²) >= 11 is 0. The van der Waals surface area contributed by atoms with Crippen molar-refractivity contribution < 1.29 is 13.9 Å². The van der Waals surface area contributed by atoms with Gasteiger partial charge in [-0.1, -0.05) is 6.07 Å². The van der Waals surface area contributed by atoms with Gasteiger partial charge in [0.25, 0.3) is 5.91 Å². The zero-order valence-electron chi connectivity index (χ0n) is 17.0. The van der Waals surface area contributed by atoms with Crippen LogP contribution in [0.3, 0.4) is 0 Å². The highest BCUT2D eigenvalue weighted by atomic mass is 19.1. The fourth-order valence-electron chi connectivity index (χ4n) is 4.10. The van der Waals surface area contributed by atoms with E-state index < -0.39 is 11.7 Å². The van der Waals surface area contributed by atoms with Gasteiger partial charge in [0.05, 0.1) is 23.4 Å². The summed E-state index contributed by atoms with van der Waals surface area (Å²) in [6.45, 7) is 0.645. The first-order valence-electron chi connectivity index (χ1n) is 10.2. The van der Waals surface area contributed by atoms with Crippen LogP contribution in [0.1, 0.15) is 45.9 Å². The number of nitrogens with zero attached hydrogens (tertiary/aromatic N) is 4. The maximum absolute atomic E-state index is 14.2. The predicted molar refractivity (Wildman–Crippen MR) is 115 cm³/mol. The number of amides is 1. The smallest absolute Gasteiger partial charge is 0.258 e. The summed E-state index contributed by atoms with van der Waals surface area (Å²) in [6.07, 6.45) is 5.51. The first kappa shape index (κ1) is 19.9. The van der Waals surface area contributed by atoms with E-state index in [1.165, 1.54) is 12.3 Å². The Bertz CT molecular complexity index is 1230. The summed E-state index contributed by atoms with van der Waals surface area (Å²) in [5.41, 5.74) is 7.83.